The summed E-state index contributed by atoms with van der Waals surface area (Å²) >= 11 is 2.29. The maximum Gasteiger partial charge on any atom is 0.264 e. The number of carbonyl (C=O) groups is 1. The summed E-state index contributed by atoms with van der Waals surface area (Å²) < 4.78 is 9.67. The van der Waals surface area contributed by atoms with Crippen LogP contribution in [0.1, 0.15) is 30.2 Å². The monoisotopic (exact) mass is 632 g/mol. The number of carbonyl (C=O) groups excluding carboxylic acids is 1. The number of anilines is 1. The van der Waals surface area contributed by atoms with E-state index in [1.807, 2.05) is 66.7 Å². The second kappa shape index (κ2) is 10.2. The molecular formula is C27H33IN4O4Si. The summed E-state index contributed by atoms with van der Waals surface area (Å²) in [6, 6.07) is 16.1. The molecule has 0 bridgehead atoms. The number of halogens is 1. The van der Waals surface area contributed by atoms with Crippen LogP contribution in [0.5, 0.6) is 0 Å². The number of nitrogens with zero attached hydrogens (tertiary/aromatic N) is 4. The van der Waals surface area contributed by atoms with E-state index in [2.05, 4.69) is 45.9 Å². The number of hydrogen-bond acceptors (Lipinski definition) is 6. The summed E-state index contributed by atoms with van der Waals surface area (Å²) in [7, 11) is -2.73. The second-order valence-electron chi connectivity index (χ2n) is 10.6. The van der Waals surface area contributed by atoms with Crippen LogP contribution in [0.4, 0.5) is 5.69 Å². The van der Waals surface area contributed by atoms with Gasteiger partial charge in [-0.05, 0) is 65.9 Å². The number of hydrogen-bond donors (Lipinski definition) is 2. The van der Waals surface area contributed by atoms with Gasteiger partial charge in [0.05, 0.1) is 24.0 Å². The fourth-order valence-electron chi connectivity index (χ4n) is 6.18. The van der Waals surface area contributed by atoms with Gasteiger partial charge in [-0.2, -0.15) is 0 Å². The van der Waals surface area contributed by atoms with E-state index < -0.39 is 13.9 Å². The molecular weight excluding hydrogens is 599 g/mol. The van der Waals surface area contributed by atoms with Crippen molar-refractivity contribution in [1.82, 2.24) is 15.0 Å². The van der Waals surface area contributed by atoms with Gasteiger partial charge in [-0.3, -0.25) is 9.48 Å². The summed E-state index contributed by atoms with van der Waals surface area (Å²) in [4.78, 5) is 27.6. The SMILES string of the molecule is C[C@H]1[C@H]([Si](C)(C)O)[C@@H](CCn2cc(CCO)nn2)O[C@]12C(=O)N(Cc1ccccc1)c1ccc(I)cc12. The quantitative estimate of drug-likeness (QED) is 0.289. The van der Waals surface area contributed by atoms with Crippen molar-refractivity contribution in [3.63, 3.8) is 0 Å². The average molecular weight is 633 g/mol. The Morgan fingerprint density at radius 3 is 2.65 bits per heavy atom. The van der Waals surface area contributed by atoms with Crippen LogP contribution in [-0.4, -0.2) is 51.8 Å². The van der Waals surface area contributed by atoms with Crippen LogP contribution in [-0.2, 0) is 34.6 Å². The van der Waals surface area contributed by atoms with Crippen molar-refractivity contribution in [2.45, 2.75) is 63.2 Å². The maximum absolute atomic E-state index is 14.4. The molecule has 1 fully saturated rings. The van der Waals surface area contributed by atoms with Crippen molar-refractivity contribution < 1.29 is 19.4 Å². The van der Waals surface area contributed by atoms with Gasteiger partial charge < -0.3 is 19.5 Å². The zero-order chi connectivity index (χ0) is 26.4. The summed E-state index contributed by atoms with van der Waals surface area (Å²) in [6.45, 7) is 6.99. The number of benzene rings is 2. The highest BCUT2D eigenvalue weighted by molar-refractivity contribution is 14.1. The molecule has 0 aliphatic carbocycles. The fourth-order valence-corrected chi connectivity index (χ4v) is 9.27. The van der Waals surface area contributed by atoms with E-state index in [1.54, 1.807) is 4.68 Å². The number of aliphatic hydroxyl groups excluding tert-OH is 1. The van der Waals surface area contributed by atoms with Crippen molar-refractivity contribution in [2.24, 2.45) is 5.92 Å². The topological polar surface area (TPSA) is 101 Å². The molecule has 3 aromatic rings. The van der Waals surface area contributed by atoms with Crippen molar-refractivity contribution in [1.29, 1.82) is 0 Å². The van der Waals surface area contributed by atoms with E-state index in [0.717, 1.165) is 26.1 Å². The van der Waals surface area contributed by atoms with Crippen molar-refractivity contribution >= 4 is 42.5 Å². The molecule has 2 aromatic carbocycles. The standard InChI is InChI=1S/C27H33IN4O4Si/c1-18-25(37(2,3)35)24(11-13-31-17-21(12-14-33)29-30-31)36-27(18)22-15-20(28)9-10-23(22)32(26(27)34)16-19-7-5-4-6-8-19/h4-10,15,17-18,24-25,33,35H,11-14,16H2,1-3H3/t18-,24+,25-,27+/m0/s1. The molecule has 0 saturated carbocycles. The van der Waals surface area contributed by atoms with Crippen molar-refractivity contribution in [3.8, 4) is 0 Å². The average Bonchev–Trinajstić information content (AvgIpc) is 3.49. The minimum Gasteiger partial charge on any atom is -0.432 e. The predicted octanol–water partition coefficient (Wildman–Crippen LogP) is 3.85. The lowest BCUT2D eigenvalue weighted by molar-refractivity contribution is -0.146. The van der Waals surface area contributed by atoms with Gasteiger partial charge >= 0.3 is 0 Å². The Bertz CT molecular complexity index is 1280. The lowest BCUT2D eigenvalue weighted by Crippen LogP contribution is -2.46. The highest BCUT2D eigenvalue weighted by Crippen LogP contribution is 2.60. The lowest BCUT2D eigenvalue weighted by Gasteiger charge is -2.32. The van der Waals surface area contributed by atoms with Crippen LogP contribution in [0.3, 0.4) is 0 Å². The number of amides is 1. The number of fused-ring (bicyclic) bond motifs is 2. The molecule has 2 aliphatic heterocycles. The molecule has 0 radical (unpaired) electrons. The van der Waals surface area contributed by atoms with Crippen LogP contribution in [0.25, 0.3) is 0 Å². The van der Waals surface area contributed by atoms with Crippen LogP contribution >= 0.6 is 22.6 Å². The first-order chi connectivity index (χ1) is 17.6. The lowest BCUT2D eigenvalue weighted by atomic mass is 9.82. The number of ether oxygens (including phenoxy) is 1. The van der Waals surface area contributed by atoms with E-state index in [1.165, 1.54) is 0 Å². The highest BCUT2D eigenvalue weighted by Gasteiger charge is 2.66. The Morgan fingerprint density at radius 2 is 1.95 bits per heavy atom. The normalized spacial score (nSPS) is 25.3. The molecule has 5 rings (SSSR count). The van der Waals surface area contributed by atoms with E-state index in [0.29, 0.717) is 25.9 Å². The Balaban J connectivity index is 1.50. The molecule has 2 N–H and O–H groups in total. The van der Waals surface area contributed by atoms with Gasteiger partial charge in [-0.1, -0.05) is 42.5 Å². The predicted molar refractivity (Wildman–Crippen MR) is 151 cm³/mol. The first-order valence-corrected chi connectivity index (χ1v) is 16.8. The third-order valence-corrected chi connectivity index (χ3v) is 10.9. The van der Waals surface area contributed by atoms with Gasteiger partial charge in [-0.15, -0.1) is 5.10 Å². The van der Waals surface area contributed by atoms with Gasteiger partial charge in [-0.25, -0.2) is 0 Å². The summed E-state index contributed by atoms with van der Waals surface area (Å²) in [5, 5.41) is 17.5. The summed E-state index contributed by atoms with van der Waals surface area (Å²) in [6.07, 6.45) is 2.58. The Labute approximate surface area is 231 Å². The van der Waals surface area contributed by atoms with E-state index >= 15 is 0 Å². The molecule has 4 atom stereocenters. The molecule has 10 heteroatoms. The Kier molecular flexibility index (Phi) is 7.31. The van der Waals surface area contributed by atoms with Gasteiger partial charge in [0.1, 0.15) is 0 Å². The number of aryl methyl sites for hydroxylation is 1. The largest absolute Gasteiger partial charge is 0.432 e. The van der Waals surface area contributed by atoms with E-state index in [-0.39, 0.29) is 30.1 Å². The first kappa shape index (κ1) is 26.5. The summed E-state index contributed by atoms with van der Waals surface area (Å²) in [5.41, 5.74) is 2.28. The molecule has 8 nitrogen and oxygen atoms in total. The zero-order valence-electron chi connectivity index (χ0n) is 21.3. The zero-order valence-corrected chi connectivity index (χ0v) is 24.5. The molecule has 37 heavy (non-hydrogen) atoms. The minimum absolute atomic E-state index is 0.0244. The van der Waals surface area contributed by atoms with Gasteiger partial charge in [0.25, 0.3) is 5.91 Å². The number of aliphatic hydroxyl groups is 1. The molecule has 0 unspecified atom stereocenters. The Morgan fingerprint density at radius 1 is 1.19 bits per heavy atom. The molecule has 1 amide bonds. The molecule has 1 spiro atoms. The van der Waals surface area contributed by atoms with E-state index in [4.69, 9.17) is 4.74 Å². The molecule has 196 valence electrons. The smallest absolute Gasteiger partial charge is 0.264 e. The van der Waals surface area contributed by atoms with Crippen LogP contribution < -0.4 is 4.90 Å². The second-order valence-corrected chi connectivity index (χ2v) is 15.9. The van der Waals surface area contributed by atoms with Crippen LogP contribution in [0.2, 0.25) is 18.6 Å². The number of aromatic nitrogens is 3. The third kappa shape index (κ3) is 4.78. The minimum atomic E-state index is -2.73. The van der Waals surface area contributed by atoms with Gasteiger partial charge in [0, 0.05) is 46.4 Å². The molecule has 1 aromatic heterocycles. The molecule has 3 heterocycles. The van der Waals surface area contributed by atoms with Crippen molar-refractivity contribution in [3.05, 3.63) is 75.1 Å². The van der Waals surface area contributed by atoms with E-state index in [9.17, 15) is 14.7 Å². The van der Waals surface area contributed by atoms with Crippen molar-refractivity contribution in [2.75, 3.05) is 11.5 Å². The van der Waals surface area contributed by atoms with Gasteiger partial charge in [0.15, 0.2) is 13.9 Å². The third-order valence-electron chi connectivity index (χ3n) is 7.73. The first-order valence-electron chi connectivity index (χ1n) is 12.7. The fraction of sp³-hybridized carbons (Fsp3) is 0.444. The Hall–Kier alpha value is -2.12. The van der Waals surface area contributed by atoms with Crippen LogP contribution in [0, 0.1) is 9.49 Å². The summed E-state index contributed by atoms with van der Waals surface area (Å²) in [5.74, 6) is -0.257. The number of rotatable bonds is 8. The highest BCUT2D eigenvalue weighted by atomic mass is 127. The molecule has 1 saturated heterocycles. The van der Waals surface area contributed by atoms with Gasteiger partial charge in [0.2, 0.25) is 0 Å². The van der Waals surface area contributed by atoms with Crippen LogP contribution in [0.15, 0.2) is 54.7 Å². The molecule has 2 aliphatic rings. The maximum atomic E-state index is 14.4.